The molecular weight excluding hydrogens is 376 g/mol. The molecule has 0 bridgehead atoms. The molecule has 3 rings (SSSR count). The van der Waals surface area contributed by atoms with Crippen molar-refractivity contribution in [1.29, 1.82) is 0 Å². The number of piperazine rings is 2. The van der Waals surface area contributed by atoms with E-state index in [-0.39, 0.29) is 5.91 Å². The number of carbonyl (C=O) groups is 1. The zero-order valence-corrected chi connectivity index (χ0v) is 17.7. The molecule has 7 nitrogen and oxygen atoms in total. The molecule has 1 aromatic carbocycles. The Balaban J connectivity index is 1.40. The van der Waals surface area contributed by atoms with Crippen LogP contribution < -0.4 is 10.2 Å². The van der Waals surface area contributed by atoms with Crippen LogP contribution in [0.1, 0.15) is 6.92 Å². The molecule has 154 valence electrons. The lowest BCUT2D eigenvalue weighted by atomic mass is 10.2. The van der Waals surface area contributed by atoms with Crippen LogP contribution in [0.15, 0.2) is 29.3 Å². The molecule has 1 N–H and O–H groups in total. The van der Waals surface area contributed by atoms with Gasteiger partial charge in [-0.1, -0.05) is 23.7 Å². The minimum Gasteiger partial charge on any atom is -0.367 e. The molecule has 8 heteroatoms. The predicted molar refractivity (Wildman–Crippen MR) is 115 cm³/mol. The van der Waals surface area contributed by atoms with Crippen LogP contribution in [-0.4, -0.2) is 99.1 Å². The fraction of sp³-hybridized carbons (Fsp3) is 0.600. The van der Waals surface area contributed by atoms with E-state index in [2.05, 4.69) is 31.1 Å². The van der Waals surface area contributed by atoms with Crippen molar-refractivity contribution in [3.05, 3.63) is 29.3 Å². The number of anilines is 1. The quantitative estimate of drug-likeness (QED) is 0.601. The highest BCUT2D eigenvalue weighted by atomic mass is 35.5. The highest BCUT2D eigenvalue weighted by Crippen LogP contribution is 2.25. The summed E-state index contributed by atoms with van der Waals surface area (Å²) in [5, 5.41) is 4.30. The number of nitrogens with one attached hydrogen (secondary N) is 1. The summed E-state index contributed by atoms with van der Waals surface area (Å²) in [6, 6.07) is 8.02. The summed E-state index contributed by atoms with van der Waals surface area (Å²) in [7, 11) is 1.84. The topological polar surface area (TPSA) is 54.4 Å². The van der Waals surface area contributed by atoms with Crippen LogP contribution in [0.5, 0.6) is 0 Å². The number of amides is 1. The third-order valence-electron chi connectivity index (χ3n) is 5.51. The molecule has 2 heterocycles. The lowest BCUT2D eigenvalue weighted by Crippen LogP contribution is -2.54. The first-order valence-corrected chi connectivity index (χ1v) is 10.4. The number of aliphatic imine (C=N–C) groups is 1. The Morgan fingerprint density at radius 2 is 1.68 bits per heavy atom. The highest BCUT2D eigenvalue weighted by Gasteiger charge is 2.22. The molecule has 2 fully saturated rings. The maximum absolute atomic E-state index is 11.4. The Morgan fingerprint density at radius 1 is 1.04 bits per heavy atom. The van der Waals surface area contributed by atoms with Crippen LogP contribution in [0.3, 0.4) is 0 Å². The number of hydrogen-bond donors (Lipinski definition) is 1. The smallest absolute Gasteiger partial charge is 0.219 e. The van der Waals surface area contributed by atoms with Gasteiger partial charge >= 0.3 is 0 Å². The van der Waals surface area contributed by atoms with Gasteiger partial charge in [-0.2, -0.15) is 0 Å². The van der Waals surface area contributed by atoms with E-state index in [1.807, 2.05) is 30.1 Å². The van der Waals surface area contributed by atoms with Gasteiger partial charge in [-0.25, -0.2) is 0 Å². The van der Waals surface area contributed by atoms with Crippen molar-refractivity contribution < 1.29 is 4.79 Å². The summed E-state index contributed by atoms with van der Waals surface area (Å²) in [5.41, 5.74) is 1.11. The third-order valence-corrected chi connectivity index (χ3v) is 5.83. The molecule has 1 amide bonds. The highest BCUT2D eigenvalue weighted by molar-refractivity contribution is 6.33. The fourth-order valence-electron chi connectivity index (χ4n) is 3.81. The van der Waals surface area contributed by atoms with Crippen LogP contribution in [0.4, 0.5) is 5.69 Å². The standard InChI is InChI=1S/C20H31ClN6O/c1-17(28)25-11-9-24(10-12-25)8-7-23-20(22-2)27-15-13-26(14-16-27)19-6-4-3-5-18(19)21/h3-6H,7-16H2,1-2H3,(H,22,23). The number of halogens is 1. The van der Waals surface area contributed by atoms with Gasteiger partial charge in [0.2, 0.25) is 5.91 Å². The Labute approximate surface area is 172 Å². The molecule has 0 aliphatic carbocycles. The van der Waals surface area contributed by atoms with Crippen LogP contribution in [0.2, 0.25) is 5.02 Å². The Bertz CT molecular complexity index is 681. The van der Waals surface area contributed by atoms with Crippen molar-refractivity contribution in [2.45, 2.75) is 6.92 Å². The summed E-state index contributed by atoms with van der Waals surface area (Å²) in [4.78, 5) is 24.8. The first kappa shape index (κ1) is 20.7. The average Bonchev–Trinajstić information content (AvgIpc) is 2.72. The Kier molecular flexibility index (Phi) is 7.39. The van der Waals surface area contributed by atoms with Gasteiger partial charge in [0.15, 0.2) is 5.96 Å². The summed E-state index contributed by atoms with van der Waals surface area (Å²) >= 11 is 6.33. The van der Waals surface area contributed by atoms with Gasteiger partial charge in [-0.3, -0.25) is 14.7 Å². The SMILES string of the molecule is CN=C(NCCN1CCN(C(C)=O)CC1)N1CCN(c2ccccc2Cl)CC1. The van der Waals surface area contributed by atoms with Gasteiger partial charge in [0, 0.05) is 79.4 Å². The van der Waals surface area contributed by atoms with E-state index in [0.717, 1.165) is 82.1 Å². The molecule has 2 aliphatic rings. The van der Waals surface area contributed by atoms with Crippen molar-refractivity contribution in [2.75, 3.05) is 77.4 Å². The molecule has 1 aromatic rings. The van der Waals surface area contributed by atoms with Crippen LogP contribution in [0, 0.1) is 0 Å². The summed E-state index contributed by atoms with van der Waals surface area (Å²) in [5.74, 6) is 1.13. The maximum Gasteiger partial charge on any atom is 0.219 e. The number of nitrogens with zero attached hydrogens (tertiary/aromatic N) is 5. The van der Waals surface area contributed by atoms with Gasteiger partial charge < -0.3 is 20.0 Å². The molecule has 2 aliphatic heterocycles. The van der Waals surface area contributed by atoms with Crippen molar-refractivity contribution in [2.24, 2.45) is 4.99 Å². The van der Waals surface area contributed by atoms with E-state index in [0.29, 0.717) is 0 Å². The number of carbonyl (C=O) groups excluding carboxylic acids is 1. The largest absolute Gasteiger partial charge is 0.367 e. The molecule has 0 unspecified atom stereocenters. The van der Waals surface area contributed by atoms with E-state index >= 15 is 0 Å². The van der Waals surface area contributed by atoms with E-state index in [1.54, 1.807) is 6.92 Å². The van der Waals surface area contributed by atoms with Gasteiger partial charge in [0.1, 0.15) is 0 Å². The van der Waals surface area contributed by atoms with Crippen LogP contribution in [0.25, 0.3) is 0 Å². The molecule has 2 saturated heterocycles. The Hall–Kier alpha value is -1.99. The molecular formula is C20H31ClN6O. The van der Waals surface area contributed by atoms with Gasteiger partial charge in [-0.05, 0) is 12.1 Å². The molecule has 0 spiro atoms. The maximum atomic E-state index is 11.4. The molecule has 0 aromatic heterocycles. The van der Waals surface area contributed by atoms with Crippen LogP contribution in [-0.2, 0) is 4.79 Å². The zero-order valence-electron chi connectivity index (χ0n) is 16.9. The van der Waals surface area contributed by atoms with Crippen molar-refractivity contribution >= 4 is 29.2 Å². The first-order chi connectivity index (χ1) is 13.6. The normalized spacial score (nSPS) is 19.1. The first-order valence-electron chi connectivity index (χ1n) is 10.0. The van der Waals surface area contributed by atoms with E-state index in [9.17, 15) is 4.79 Å². The van der Waals surface area contributed by atoms with Crippen LogP contribution >= 0.6 is 11.6 Å². The van der Waals surface area contributed by atoms with Gasteiger partial charge in [-0.15, -0.1) is 0 Å². The minimum atomic E-state index is 0.175. The van der Waals surface area contributed by atoms with E-state index in [1.165, 1.54) is 0 Å². The number of guanidine groups is 1. The number of hydrogen-bond acceptors (Lipinski definition) is 4. The number of rotatable bonds is 4. The lowest BCUT2D eigenvalue weighted by Gasteiger charge is -2.38. The second kappa shape index (κ2) is 9.98. The molecule has 28 heavy (non-hydrogen) atoms. The van der Waals surface area contributed by atoms with E-state index in [4.69, 9.17) is 11.6 Å². The lowest BCUT2D eigenvalue weighted by molar-refractivity contribution is -0.130. The monoisotopic (exact) mass is 406 g/mol. The molecule has 0 radical (unpaired) electrons. The second-order valence-corrected chi connectivity index (χ2v) is 7.65. The third kappa shape index (κ3) is 5.29. The fourth-order valence-corrected chi connectivity index (χ4v) is 4.07. The van der Waals surface area contributed by atoms with Crippen molar-refractivity contribution in [1.82, 2.24) is 20.0 Å². The van der Waals surface area contributed by atoms with Gasteiger partial charge in [0.25, 0.3) is 0 Å². The summed E-state index contributed by atoms with van der Waals surface area (Å²) < 4.78 is 0. The van der Waals surface area contributed by atoms with Gasteiger partial charge in [0.05, 0.1) is 10.7 Å². The molecule has 0 saturated carbocycles. The van der Waals surface area contributed by atoms with E-state index < -0.39 is 0 Å². The summed E-state index contributed by atoms with van der Waals surface area (Å²) in [6.45, 7) is 10.7. The number of para-hydroxylation sites is 1. The van der Waals surface area contributed by atoms with Crippen molar-refractivity contribution in [3.63, 3.8) is 0 Å². The Morgan fingerprint density at radius 3 is 2.29 bits per heavy atom. The second-order valence-electron chi connectivity index (χ2n) is 7.25. The average molecular weight is 407 g/mol. The minimum absolute atomic E-state index is 0.175. The van der Waals surface area contributed by atoms with Crippen molar-refractivity contribution in [3.8, 4) is 0 Å². The summed E-state index contributed by atoms with van der Waals surface area (Å²) in [6.07, 6.45) is 0. The zero-order chi connectivity index (χ0) is 19.9. The molecule has 0 atom stereocenters. The number of benzene rings is 1. The predicted octanol–water partition coefficient (Wildman–Crippen LogP) is 1.20.